The molecule has 106 valence electrons. The van der Waals surface area contributed by atoms with Crippen molar-refractivity contribution >= 4 is 17.4 Å². The van der Waals surface area contributed by atoms with Crippen LogP contribution in [0.2, 0.25) is 0 Å². The first-order valence-corrected chi connectivity index (χ1v) is 7.25. The van der Waals surface area contributed by atoms with Gasteiger partial charge in [-0.1, -0.05) is 37.3 Å². The van der Waals surface area contributed by atoms with Gasteiger partial charge < -0.3 is 10.1 Å². The zero-order valence-corrected chi connectivity index (χ0v) is 12.3. The maximum atomic E-state index is 6.38. The molecule has 1 aromatic heterocycles. The second-order valence-corrected chi connectivity index (χ2v) is 4.98. The zero-order valence-electron chi connectivity index (χ0n) is 11.6. The van der Waals surface area contributed by atoms with Gasteiger partial charge in [0.15, 0.2) is 11.6 Å². The molecular formula is C16H19ClN2O. The molecule has 0 amide bonds. The predicted molar refractivity (Wildman–Crippen MR) is 83.5 cm³/mol. The summed E-state index contributed by atoms with van der Waals surface area (Å²) in [6.45, 7) is 3.36. The summed E-state index contributed by atoms with van der Waals surface area (Å²) < 4.78 is 5.66. The molecular weight excluding hydrogens is 272 g/mol. The summed E-state index contributed by atoms with van der Waals surface area (Å²) in [6, 6.07) is 13.8. The van der Waals surface area contributed by atoms with E-state index in [0.29, 0.717) is 13.2 Å². The number of alkyl halides is 1. The van der Waals surface area contributed by atoms with Crippen molar-refractivity contribution in [3.05, 3.63) is 54.2 Å². The number of hydrogen-bond acceptors (Lipinski definition) is 3. The molecule has 0 aliphatic rings. The van der Waals surface area contributed by atoms with Crippen LogP contribution in [0.25, 0.3) is 0 Å². The number of hydrogen-bond donors (Lipinski definition) is 1. The van der Waals surface area contributed by atoms with Gasteiger partial charge >= 0.3 is 0 Å². The highest BCUT2D eigenvalue weighted by atomic mass is 35.5. The van der Waals surface area contributed by atoms with Gasteiger partial charge in [-0.25, -0.2) is 4.98 Å². The summed E-state index contributed by atoms with van der Waals surface area (Å²) in [5, 5.41) is 3.15. The molecule has 1 aromatic carbocycles. The third-order valence-electron chi connectivity index (χ3n) is 2.84. The van der Waals surface area contributed by atoms with E-state index < -0.39 is 0 Å². The van der Waals surface area contributed by atoms with Gasteiger partial charge in [0.05, 0.1) is 12.0 Å². The summed E-state index contributed by atoms with van der Waals surface area (Å²) >= 11 is 6.38. The van der Waals surface area contributed by atoms with Crippen LogP contribution in [0.5, 0.6) is 5.75 Å². The molecule has 4 heteroatoms. The number of halogens is 1. The molecule has 3 nitrogen and oxygen atoms in total. The highest BCUT2D eigenvalue weighted by Crippen LogP contribution is 2.24. The van der Waals surface area contributed by atoms with E-state index in [-0.39, 0.29) is 5.38 Å². The average molecular weight is 291 g/mol. The molecule has 0 spiro atoms. The van der Waals surface area contributed by atoms with Gasteiger partial charge in [0, 0.05) is 12.7 Å². The van der Waals surface area contributed by atoms with Gasteiger partial charge in [-0.05, 0) is 24.1 Å². The fraction of sp³-hybridized carbons (Fsp3) is 0.312. The highest BCUT2D eigenvalue weighted by molar-refractivity contribution is 6.21. The van der Waals surface area contributed by atoms with Gasteiger partial charge in [0.2, 0.25) is 0 Å². The third-order valence-corrected chi connectivity index (χ3v) is 3.25. The normalized spacial score (nSPS) is 11.9. The Bertz CT molecular complexity index is 519. The van der Waals surface area contributed by atoms with Crippen LogP contribution in [0.3, 0.4) is 0 Å². The lowest BCUT2D eigenvalue weighted by Gasteiger charge is -2.14. The van der Waals surface area contributed by atoms with Crippen LogP contribution in [0.1, 0.15) is 24.3 Å². The fourth-order valence-electron chi connectivity index (χ4n) is 1.82. The molecule has 2 aromatic rings. The SMILES string of the molecule is CCCOc1cccnc1NCC(Cl)c1ccccc1. The average Bonchev–Trinajstić information content (AvgIpc) is 2.52. The maximum absolute atomic E-state index is 6.38. The lowest BCUT2D eigenvalue weighted by Crippen LogP contribution is -2.10. The van der Waals surface area contributed by atoms with Crippen LogP contribution in [-0.2, 0) is 0 Å². The Morgan fingerprint density at radius 1 is 1.20 bits per heavy atom. The number of aromatic nitrogens is 1. The molecule has 1 unspecified atom stereocenters. The highest BCUT2D eigenvalue weighted by Gasteiger charge is 2.09. The summed E-state index contributed by atoms with van der Waals surface area (Å²) in [5.41, 5.74) is 1.09. The Morgan fingerprint density at radius 2 is 2.00 bits per heavy atom. The molecule has 2 rings (SSSR count). The summed E-state index contributed by atoms with van der Waals surface area (Å²) in [7, 11) is 0. The molecule has 0 fully saturated rings. The molecule has 0 saturated heterocycles. The van der Waals surface area contributed by atoms with Gasteiger partial charge in [-0.15, -0.1) is 11.6 Å². The van der Waals surface area contributed by atoms with E-state index in [2.05, 4.69) is 17.2 Å². The second kappa shape index (κ2) is 7.75. The molecule has 0 bridgehead atoms. The zero-order chi connectivity index (χ0) is 14.2. The van der Waals surface area contributed by atoms with Gasteiger partial charge in [-0.3, -0.25) is 0 Å². The van der Waals surface area contributed by atoms with Crippen molar-refractivity contribution in [2.24, 2.45) is 0 Å². The third kappa shape index (κ3) is 4.14. The van der Waals surface area contributed by atoms with Crippen LogP contribution < -0.4 is 10.1 Å². The molecule has 0 saturated carbocycles. The van der Waals surface area contributed by atoms with E-state index >= 15 is 0 Å². The summed E-state index contributed by atoms with van der Waals surface area (Å²) in [5.74, 6) is 1.51. The molecule has 0 radical (unpaired) electrons. The minimum atomic E-state index is -0.0998. The van der Waals surface area contributed by atoms with E-state index in [1.807, 2.05) is 42.5 Å². The Labute approximate surface area is 124 Å². The van der Waals surface area contributed by atoms with Crippen LogP contribution in [0.4, 0.5) is 5.82 Å². The van der Waals surface area contributed by atoms with Crippen molar-refractivity contribution < 1.29 is 4.74 Å². The number of benzene rings is 1. The van der Waals surface area contributed by atoms with Crippen LogP contribution in [0.15, 0.2) is 48.7 Å². The van der Waals surface area contributed by atoms with Gasteiger partial charge in [0.25, 0.3) is 0 Å². The minimum Gasteiger partial charge on any atom is -0.490 e. The number of nitrogens with zero attached hydrogens (tertiary/aromatic N) is 1. The van der Waals surface area contributed by atoms with Crippen molar-refractivity contribution in [1.29, 1.82) is 0 Å². The first-order chi connectivity index (χ1) is 9.81. The van der Waals surface area contributed by atoms with E-state index in [0.717, 1.165) is 23.6 Å². The second-order valence-electron chi connectivity index (χ2n) is 4.46. The first kappa shape index (κ1) is 14.7. The largest absolute Gasteiger partial charge is 0.490 e. The van der Waals surface area contributed by atoms with Crippen molar-refractivity contribution in [3.63, 3.8) is 0 Å². The molecule has 1 heterocycles. The lowest BCUT2D eigenvalue weighted by atomic mass is 10.1. The van der Waals surface area contributed by atoms with Gasteiger partial charge in [-0.2, -0.15) is 0 Å². The molecule has 0 aliphatic heterocycles. The maximum Gasteiger partial charge on any atom is 0.168 e. The summed E-state index contributed by atoms with van der Waals surface area (Å²) in [6.07, 6.45) is 2.71. The van der Waals surface area contributed by atoms with Crippen LogP contribution in [0, 0.1) is 0 Å². The monoisotopic (exact) mass is 290 g/mol. The number of anilines is 1. The quantitative estimate of drug-likeness (QED) is 0.774. The minimum absolute atomic E-state index is 0.0998. The smallest absolute Gasteiger partial charge is 0.168 e. The molecule has 20 heavy (non-hydrogen) atoms. The molecule has 0 aliphatic carbocycles. The first-order valence-electron chi connectivity index (χ1n) is 6.82. The predicted octanol–water partition coefficient (Wildman–Crippen LogP) is 4.26. The van der Waals surface area contributed by atoms with Crippen molar-refractivity contribution in [2.45, 2.75) is 18.7 Å². The van der Waals surface area contributed by atoms with E-state index in [4.69, 9.17) is 16.3 Å². The van der Waals surface area contributed by atoms with E-state index in [1.165, 1.54) is 0 Å². The fourth-order valence-corrected chi connectivity index (χ4v) is 2.04. The van der Waals surface area contributed by atoms with Crippen LogP contribution in [-0.4, -0.2) is 18.1 Å². The number of ether oxygens (including phenoxy) is 1. The van der Waals surface area contributed by atoms with Crippen molar-refractivity contribution in [3.8, 4) is 5.75 Å². The Kier molecular flexibility index (Phi) is 5.69. The number of rotatable bonds is 7. The van der Waals surface area contributed by atoms with Crippen LogP contribution >= 0.6 is 11.6 Å². The standard InChI is InChI=1S/C16H19ClN2O/c1-2-11-20-15-9-6-10-18-16(15)19-12-14(17)13-7-4-3-5-8-13/h3-10,14H,2,11-12H2,1H3,(H,18,19). The Balaban J connectivity index is 1.96. The number of pyridine rings is 1. The molecule has 1 N–H and O–H groups in total. The van der Waals surface area contributed by atoms with Crippen molar-refractivity contribution in [2.75, 3.05) is 18.5 Å². The summed E-state index contributed by atoms with van der Waals surface area (Å²) in [4.78, 5) is 4.30. The Hall–Kier alpha value is -1.74. The Morgan fingerprint density at radius 3 is 2.75 bits per heavy atom. The number of nitrogens with one attached hydrogen (secondary N) is 1. The lowest BCUT2D eigenvalue weighted by molar-refractivity contribution is 0.318. The van der Waals surface area contributed by atoms with E-state index in [1.54, 1.807) is 6.20 Å². The topological polar surface area (TPSA) is 34.1 Å². The molecule has 1 atom stereocenters. The van der Waals surface area contributed by atoms with Crippen molar-refractivity contribution in [1.82, 2.24) is 4.98 Å². The van der Waals surface area contributed by atoms with Gasteiger partial charge in [0.1, 0.15) is 0 Å². The van der Waals surface area contributed by atoms with E-state index in [9.17, 15) is 0 Å².